The number of sulfonamides is 1. The number of nitrogens with one attached hydrogen (secondary N) is 1. The van der Waals surface area contributed by atoms with Crippen LogP contribution < -0.4 is 4.72 Å². The predicted octanol–water partition coefficient (Wildman–Crippen LogP) is 0.920. The van der Waals surface area contributed by atoms with Crippen LogP contribution in [0.1, 0.15) is 39.2 Å². The van der Waals surface area contributed by atoms with Crippen molar-refractivity contribution in [1.82, 2.24) is 14.3 Å². The van der Waals surface area contributed by atoms with Crippen molar-refractivity contribution < 1.29 is 18.3 Å². The molecule has 1 atom stereocenters. The molecule has 0 unspecified atom stereocenters. The number of nitrogens with zero attached hydrogens (tertiary/aromatic N) is 2. The third-order valence-corrected chi connectivity index (χ3v) is 5.34. The summed E-state index contributed by atoms with van der Waals surface area (Å²) in [5, 5.41) is 10.1. The Bertz CT molecular complexity index is 564. The zero-order valence-electron chi connectivity index (χ0n) is 13.1. The molecule has 1 fully saturated rings. The maximum absolute atomic E-state index is 12.1. The molecule has 2 rings (SSSR count). The zero-order valence-corrected chi connectivity index (χ0v) is 13.9. The van der Waals surface area contributed by atoms with Crippen molar-refractivity contribution in [3.8, 4) is 0 Å². The lowest BCUT2D eigenvalue weighted by molar-refractivity contribution is 0.00567. The summed E-state index contributed by atoms with van der Waals surface area (Å²) < 4.78 is 33.8. The topological polar surface area (TPSA) is 93.5 Å². The molecule has 0 radical (unpaired) electrons. The first kappa shape index (κ1) is 17.4. The fourth-order valence-corrected chi connectivity index (χ4v) is 3.47. The summed E-state index contributed by atoms with van der Waals surface area (Å²) in [6, 6.07) is 0.159. The second-order valence-corrected chi connectivity index (χ2v) is 7.67. The number of hydrogen-bond acceptors (Lipinski definition) is 5. The number of imidazole rings is 1. The summed E-state index contributed by atoms with van der Waals surface area (Å²) in [7, 11) is -3.62. The number of ether oxygens (including phenoxy) is 1. The van der Waals surface area contributed by atoms with Gasteiger partial charge in [-0.2, -0.15) is 0 Å². The number of aliphatic hydroxyl groups excluding tert-OH is 1. The molecule has 0 saturated carbocycles. The predicted molar refractivity (Wildman–Crippen MR) is 82.0 cm³/mol. The summed E-state index contributed by atoms with van der Waals surface area (Å²) in [6.07, 6.45) is 4.58. The van der Waals surface area contributed by atoms with E-state index in [2.05, 4.69) is 9.71 Å². The largest absolute Gasteiger partial charge is 0.393 e. The highest BCUT2D eigenvalue weighted by molar-refractivity contribution is 7.89. The molecule has 1 aliphatic rings. The average molecular weight is 331 g/mol. The number of aromatic nitrogens is 2. The molecule has 0 bridgehead atoms. The summed E-state index contributed by atoms with van der Waals surface area (Å²) in [4.78, 5) is 3.93. The standard InChI is InChI=1S/C14H25N3O4S/c1-11(2)17-9-14(15-10-17)22(19,20)16-6-3-13(18)12-4-7-21-8-5-12/h9-13,16,18H,3-8H2,1-2H3/t13-/m0/s1. The lowest BCUT2D eigenvalue weighted by atomic mass is 9.92. The Kier molecular flexibility index (Phi) is 5.96. The maximum atomic E-state index is 12.1. The minimum absolute atomic E-state index is 0.0155. The highest BCUT2D eigenvalue weighted by Gasteiger charge is 2.23. The Morgan fingerprint density at radius 1 is 1.45 bits per heavy atom. The van der Waals surface area contributed by atoms with Crippen LogP contribution >= 0.6 is 0 Å². The fourth-order valence-electron chi connectivity index (χ4n) is 2.49. The number of aliphatic hydroxyl groups is 1. The molecular formula is C14H25N3O4S. The van der Waals surface area contributed by atoms with Gasteiger partial charge in [0.15, 0.2) is 5.03 Å². The lowest BCUT2D eigenvalue weighted by Gasteiger charge is -2.26. The van der Waals surface area contributed by atoms with Crippen molar-refractivity contribution >= 4 is 10.0 Å². The molecule has 7 nitrogen and oxygen atoms in total. The van der Waals surface area contributed by atoms with E-state index in [9.17, 15) is 13.5 Å². The van der Waals surface area contributed by atoms with E-state index < -0.39 is 16.1 Å². The third-order valence-electron chi connectivity index (χ3n) is 3.99. The monoisotopic (exact) mass is 331 g/mol. The molecule has 8 heteroatoms. The van der Waals surface area contributed by atoms with Crippen LogP contribution in [0.3, 0.4) is 0 Å². The van der Waals surface area contributed by atoms with Crippen LogP contribution in [0.25, 0.3) is 0 Å². The minimum atomic E-state index is -3.62. The Labute approximate surface area is 131 Å². The molecule has 1 aromatic rings. The molecule has 22 heavy (non-hydrogen) atoms. The smallest absolute Gasteiger partial charge is 0.259 e. The lowest BCUT2D eigenvalue weighted by Crippen LogP contribution is -2.32. The van der Waals surface area contributed by atoms with Crippen LogP contribution in [0.4, 0.5) is 0 Å². The Balaban J connectivity index is 1.84. The van der Waals surface area contributed by atoms with Crippen LogP contribution in [0.15, 0.2) is 17.6 Å². The van der Waals surface area contributed by atoms with Crippen molar-refractivity contribution in [2.45, 2.75) is 50.3 Å². The van der Waals surface area contributed by atoms with Gasteiger partial charge in [0.1, 0.15) is 0 Å². The second kappa shape index (κ2) is 7.54. The van der Waals surface area contributed by atoms with E-state index in [0.29, 0.717) is 19.6 Å². The molecule has 1 aliphatic heterocycles. The first-order valence-electron chi connectivity index (χ1n) is 7.69. The number of hydrogen-bond donors (Lipinski definition) is 2. The van der Waals surface area contributed by atoms with Gasteiger partial charge in [-0.1, -0.05) is 0 Å². The van der Waals surface area contributed by atoms with Gasteiger partial charge in [-0.15, -0.1) is 0 Å². The van der Waals surface area contributed by atoms with E-state index in [0.717, 1.165) is 12.8 Å². The SMILES string of the molecule is CC(C)n1cnc(S(=O)(=O)NCC[C@H](O)C2CCOCC2)c1. The summed E-state index contributed by atoms with van der Waals surface area (Å²) in [5.74, 6) is 0.193. The van der Waals surface area contributed by atoms with E-state index in [4.69, 9.17) is 4.74 Å². The van der Waals surface area contributed by atoms with Gasteiger partial charge in [-0.05, 0) is 39.0 Å². The second-order valence-electron chi connectivity index (χ2n) is 5.96. The first-order valence-corrected chi connectivity index (χ1v) is 9.17. The van der Waals surface area contributed by atoms with Crippen LogP contribution in [0, 0.1) is 5.92 Å². The van der Waals surface area contributed by atoms with E-state index >= 15 is 0 Å². The van der Waals surface area contributed by atoms with Crippen LogP contribution in [0.2, 0.25) is 0 Å². The normalized spacial score (nSPS) is 18.7. The van der Waals surface area contributed by atoms with Gasteiger partial charge in [0.05, 0.1) is 12.4 Å². The van der Waals surface area contributed by atoms with Crippen LogP contribution in [0.5, 0.6) is 0 Å². The van der Waals surface area contributed by atoms with Gasteiger partial charge in [0, 0.05) is 32.0 Å². The maximum Gasteiger partial charge on any atom is 0.259 e. The molecule has 1 saturated heterocycles. The molecule has 0 aliphatic carbocycles. The summed E-state index contributed by atoms with van der Waals surface area (Å²) in [6.45, 7) is 5.45. The van der Waals surface area contributed by atoms with E-state index in [1.54, 1.807) is 4.57 Å². The zero-order chi connectivity index (χ0) is 16.2. The first-order chi connectivity index (χ1) is 10.4. The highest BCUT2D eigenvalue weighted by Crippen LogP contribution is 2.20. The summed E-state index contributed by atoms with van der Waals surface area (Å²) in [5.41, 5.74) is 0. The quantitative estimate of drug-likeness (QED) is 0.775. The number of rotatable bonds is 7. The molecule has 2 N–H and O–H groups in total. The molecule has 2 heterocycles. The van der Waals surface area contributed by atoms with Crippen molar-refractivity contribution in [2.75, 3.05) is 19.8 Å². The van der Waals surface area contributed by atoms with Gasteiger partial charge in [0.2, 0.25) is 0 Å². The molecule has 0 spiro atoms. The van der Waals surface area contributed by atoms with Gasteiger partial charge in [0.25, 0.3) is 10.0 Å². The van der Waals surface area contributed by atoms with Crippen molar-refractivity contribution in [3.63, 3.8) is 0 Å². The van der Waals surface area contributed by atoms with Crippen molar-refractivity contribution in [1.29, 1.82) is 0 Å². The molecule has 0 amide bonds. The third kappa shape index (κ3) is 4.52. The van der Waals surface area contributed by atoms with Crippen LogP contribution in [-0.4, -0.2) is 48.9 Å². The minimum Gasteiger partial charge on any atom is -0.393 e. The van der Waals surface area contributed by atoms with Gasteiger partial charge in [-0.3, -0.25) is 0 Å². The van der Waals surface area contributed by atoms with E-state index in [1.807, 2.05) is 13.8 Å². The fraction of sp³-hybridized carbons (Fsp3) is 0.786. The van der Waals surface area contributed by atoms with Crippen LogP contribution in [-0.2, 0) is 14.8 Å². The molecule has 126 valence electrons. The molecule has 1 aromatic heterocycles. The van der Waals surface area contributed by atoms with Crippen molar-refractivity contribution in [3.05, 3.63) is 12.5 Å². The Morgan fingerprint density at radius 2 is 2.14 bits per heavy atom. The average Bonchev–Trinajstić information content (AvgIpc) is 2.99. The Hall–Kier alpha value is -0.960. The van der Waals surface area contributed by atoms with Crippen molar-refractivity contribution in [2.24, 2.45) is 5.92 Å². The molecule has 0 aromatic carbocycles. The molecular weight excluding hydrogens is 306 g/mol. The Morgan fingerprint density at radius 3 is 2.73 bits per heavy atom. The van der Waals surface area contributed by atoms with E-state index in [-0.39, 0.29) is 23.5 Å². The van der Waals surface area contributed by atoms with Gasteiger partial charge < -0.3 is 14.4 Å². The van der Waals surface area contributed by atoms with Gasteiger partial charge >= 0.3 is 0 Å². The van der Waals surface area contributed by atoms with Gasteiger partial charge in [-0.25, -0.2) is 18.1 Å². The highest BCUT2D eigenvalue weighted by atomic mass is 32.2. The van der Waals surface area contributed by atoms with E-state index in [1.165, 1.54) is 12.5 Å². The summed E-state index contributed by atoms with van der Waals surface area (Å²) >= 11 is 0.